The van der Waals surface area contributed by atoms with E-state index in [1.165, 1.54) is 4.90 Å². The van der Waals surface area contributed by atoms with Crippen molar-refractivity contribution in [1.29, 1.82) is 0 Å². The van der Waals surface area contributed by atoms with Gasteiger partial charge in [0.2, 0.25) is 0 Å². The lowest BCUT2D eigenvalue weighted by molar-refractivity contribution is -0.137. The first-order valence-electron chi connectivity index (χ1n) is 6.93. The fourth-order valence-electron chi connectivity index (χ4n) is 2.59. The quantitative estimate of drug-likeness (QED) is 0.809. The predicted molar refractivity (Wildman–Crippen MR) is 71.0 cm³/mol. The van der Waals surface area contributed by atoms with Crippen LogP contribution < -0.4 is 0 Å². The Morgan fingerprint density at radius 2 is 2.00 bits per heavy atom. The number of nitrogens with zero attached hydrogens (tertiary/aromatic N) is 3. The van der Waals surface area contributed by atoms with E-state index in [0.717, 1.165) is 25.9 Å². The topological polar surface area (TPSA) is 64.1 Å². The standard InChI is InChI=1S/C13H23N3O3/c1-10-7-14(2)5-6-16(10)13(19)15(9-12(17)18)8-11-3-4-11/h10-11H,3-9H2,1-2H3,(H,17,18). The Bertz CT molecular complexity index is 357. The number of urea groups is 1. The molecule has 1 heterocycles. The van der Waals surface area contributed by atoms with Crippen molar-refractivity contribution in [2.24, 2.45) is 5.92 Å². The van der Waals surface area contributed by atoms with Gasteiger partial charge in [0.15, 0.2) is 0 Å². The molecule has 2 aliphatic rings. The molecule has 6 nitrogen and oxygen atoms in total. The van der Waals surface area contributed by atoms with E-state index in [4.69, 9.17) is 5.11 Å². The van der Waals surface area contributed by atoms with Gasteiger partial charge in [-0.3, -0.25) is 4.79 Å². The van der Waals surface area contributed by atoms with Crippen molar-refractivity contribution < 1.29 is 14.7 Å². The molecular formula is C13H23N3O3. The van der Waals surface area contributed by atoms with Gasteiger partial charge in [-0.05, 0) is 32.7 Å². The van der Waals surface area contributed by atoms with Gasteiger partial charge in [0.25, 0.3) is 0 Å². The van der Waals surface area contributed by atoms with Gasteiger partial charge in [0, 0.05) is 32.2 Å². The van der Waals surface area contributed by atoms with Crippen LogP contribution in [0, 0.1) is 5.92 Å². The molecule has 0 bridgehead atoms. The minimum Gasteiger partial charge on any atom is -0.480 e. The monoisotopic (exact) mass is 269 g/mol. The van der Waals surface area contributed by atoms with E-state index < -0.39 is 5.97 Å². The van der Waals surface area contributed by atoms with Crippen molar-refractivity contribution in [3.05, 3.63) is 0 Å². The maximum absolute atomic E-state index is 12.5. The summed E-state index contributed by atoms with van der Waals surface area (Å²) in [5, 5.41) is 8.95. The van der Waals surface area contributed by atoms with E-state index >= 15 is 0 Å². The Kier molecular flexibility index (Phi) is 4.29. The number of carboxylic acid groups (broad SMARTS) is 1. The molecule has 0 radical (unpaired) electrons. The predicted octanol–water partition coefficient (Wildman–Crippen LogP) is 0.539. The second-order valence-corrected chi connectivity index (χ2v) is 5.80. The highest BCUT2D eigenvalue weighted by molar-refractivity contribution is 5.80. The Morgan fingerprint density at radius 3 is 2.53 bits per heavy atom. The van der Waals surface area contributed by atoms with Crippen LogP contribution in [0.4, 0.5) is 4.79 Å². The first-order chi connectivity index (χ1) is 8.97. The Balaban J connectivity index is 1.98. The van der Waals surface area contributed by atoms with Gasteiger partial charge >= 0.3 is 12.0 Å². The van der Waals surface area contributed by atoms with Gasteiger partial charge in [-0.25, -0.2) is 4.79 Å². The number of hydrogen-bond donors (Lipinski definition) is 1. The number of carbonyl (C=O) groups is 2. The van der Waals surface area contributed by atoms with E-state index in [9.17, 15) is 9.59 Å². The van der Waals surface area contributed by atoms with Crippen LogP contribution in [0.2, 0.25) is 0 Å². The molecule has 2 amide bonds. The molecule has 108 valence electrons. The van der Waals surface area contributed by atoms with Crippen molar-refractivity contribution in [3.8, 4) is 0 Å². The molecule has 6 heteroatoms. The summed E-state index contributed by atoms with van der Waals surface area (Å²) < 4.78 is 0. The number of likely N-dealkylation sites (N-methyl/N-ethyl adjacent to an activating group) is 1. The molecule has 1 N–H and O–H groups in total. The van der Waals surface area contributed by atoms with Gasteiger partial charge < -0.3 is 19.8 Å². The number of amides is 2. The van der Waals surface area contributed by atoms with Crippen LogP contribution in [0.1, 0.15) is 19.8 Å². The van der Waals surface area contributed by atoms with E-state index in [1.54, 1.807) is 0 Å². The third kappa shape index (κ3) is 3.83. The Labute approximate surface area is 114 Å². The third-order valence-corrected chi connectivity index (χ3v) is 3.85. The molecule has 2 rings (SSSR count). The Hall–Kier alpha value is -1.30. The van der Waals surface area contributed by atoms with E-state index in [-0.39, 0.29) is 18.6 Å². The van der Waals surface area contributed by atoms with E-state index in [0.29, 0.717) is 19.0 Å². The van der Waals surface area contributed by atoms with Crippen LogP contribution in [-0.2, 0) is 4.79 Å². The fraction of sp³-hybridized carbons (Fsp3) is 0.846. The lowest BCUT2D eigenvalue weighted by atomic mass is 10.2. The number of carboxylic acids is 1. The summed E-state index contributed by atoms with van der Waals surface area (Å²) in [7, 11) is 2.04. The van der Waals surface area contributed by atoms with Crippen molar-refractivity contribution >= 4 is 12.0 Å². The lowest BCUT2D eigenvalue weighted by Gasteiger charge is -2.40. The minimum absolute atomic E-state index is 0.116. The Morgan fingerprint density at radius 1 is 1.32 bits per heavy atom. The lowest BCUT2D eigenvalue weighted by Crippen LogP contribution is -2.57. The molecule has 1 aliphatic carbocycles. The summed E-state index contributed by atoms with van der Waals surface area (Å²) in [6.45, 7) is 4.79. The molecule has 0 aromatic rings. The van der Waals surface area contributed by atoms with Crippen molar-refractivity contribution in [2.75, 3.05) is 39.8 Å². The summed E-state index contributed by atoms with van der Waals surface area (Å²) in [5.74, 6) is -0.429. The van der Waals surface area contributed by atoms with Crippen LogP contribution in [-0.4, -0.2) is 77.6 Å². The van der Waals surface area contributed by atoms with E-state index in [2.05, 4.69) is 4.90 Å². The molecular weight excluding hydrogens is 246 g/mol. The largest absolute Gasteiger partial charge is 0.480 e. The van der Waals surface area contributed by atoms with Gasteiger partial charge in [-0.1, -0.05) is 0 Å². The fourth-order valence-corrected chi connectivity index (χ4v) is 2.59. The SMILES string of the molecule is CC1CN(C)CCN1C(=O)N(CC(=O)O)CC1CC1. The number of rotatable bonds is 4. The van der Waals surface area contributed by atoms with Gasteiger partial charge in [0.05, 0.1) is 0 Å². The maximum Gasteiger partial charge on any atom is 0.323 e. The normalized spacial score (nSPS) is 24.3. The van der Waals surface area contributed by atoms with Gasteiger partial charge in [0.1, 0.15) is 6.54 Å². The van der Waals surface area contributed by atoms with Gasteiger partial charge in [-0.2, -0.15) is 0 Å². The van der Waals surface area contributed by atoms with Crippen molar-refractivity contribution in [1.82, 2.24) is 14.7 Å². The smallest absolute Gasteiger partial charge is 0.323 e. The summed E-state index contributed by atoms with van der Waals surface area (Å²) in [6, 6.07) is 0.0247. The summed E-state index contributed by atoms with van der Waals surface area (Å²) in [5.41, 5.74) is 0. The average molecular weight is 269 g/mol. The van der Waals surface area contributed by atoms with Crippen LogP contribution in [0.5, 0.6) is 0 Å². The zero-order valence-electron chi connectivity index (χ0n) is 11.7. The summed E-state index contributed by atoms with van der Waals surface area (Å²) in [4.78, 5) is 28.9. The molecule has 1 saturated heterocycles. The first kappa shape index (κ1) is 14.1. The van der Waals surface area contributed by atoms with Crippen LogP contribution in [0.3, 0.4) is 0 Å². The third-order valence-electron chi connectivity index (χ3n) is 3.85. The van der Waals surface area contributed by atoms with Crippen LogP contribution in [0.25, 0.3) is 0 Å². The van der Waals surface area contributed by atoms with Crippen LogP contribution in [0.15, 0.2) is 0 Å². The van der Waals surface area contributed by atoms with Crippen molar-refractivity contribution in [2.45, 2.75) is 25.8 Å². The molecule has 0 aromatic heterocycles. The van der Waals surface area contributed by atoms with Crippen LogP contribution >= 0.6 is 0 Å². The highest BCUT2D eigenvalue weighted by atomic mass is 16.4. The molecule has 1 aliphatic heterocycles. The van der Waals surface area contributed by atoms with Crippen molar-refractivity contribution in [3.63, 3.8) is 0 Å². The highest BCUT2D eigenvalue weighted by Crippen LogP contribution is 2.30. The second-order valence-electron chi connectivity index (χ2n) is 5.80. The molecule has 1 atom stereocenters. The zero-order chi connectivity index (χ0) is 14.0. The molecule has 2 fully saturated rings. The number of piperazine rings is 1. The second kappa shape index (κ2) is 5.77. The number of aliphatic carboxylic acids is 1. The van der Waals surface area contributed by atoms with E-state index in [1.807, 2.05) is 18.9 Å². The van der Waals surface area contributed by atoms with Gasteiger partial charge in [-0.15, -0.1) is 0 Å². The summed E-state index contributed by atoms with van der Waals surface area (Å²) in [6.07, 6.45) is 2.23. The average Bonchev–Trinajstić information content (AvgIpc) is 3.10. The zero-order valence-corrected chi connectivity index (χ0v) is 11.7. The molecule has 0 spiro atoms. The molecule has 1 saturated carbocycles. The molecule has 1 unspecified atom stereocenters. The highest BCUT2D eigenvalue weighted by Gasteiger charge is 2.33. The minimum atomic E-state index is -0.934. The molecule has 19 heavy (non-hydrogen) atoms. The maximum atomic E-state index is 12.5. The molecule has 0 aromatic carbocycles. The first-order valence-corrected chi connectivity index (χ1v) is 6.93. The number of carbonyl (C=O) groups excluding carboxylic acids is 1. The number of hydrogen-bond acceptors (Lipinski definition) is 3. The summed E-state index contributed by atoms with van der Waals surface area (Å²) >= 11 is 0.